The summed E-state index contributed by atoms with van der Waals surface area (Å²) in [4.78, 5) is 12.8. The summed E-state index contributed by atoms with van der Waals surface area (Å²) in [6, 6.07) is 13.2. The highest BCUT2D eigenvalue weighted by Crippen LogP contribution is 2.31. The summed E-state index contributed by atoms with van der Waals surface area (Å²) in [5.74, 6) is -0.820. The van der Waals surface area contributed by atoms with Crippen LogP contribution in [0.5, 0.6) is 5.75 Å². The van der Waals surface area contributed by atoms with E-state index in [0.717, 1.165) is 22.7 Å². The first-order valence-electron chi connectivity index (χ1n) is 10.3. The molecule has 0 spiro atoms. The molecule has 0 aliphatic heterocycles. The van der Waals surface area contributed by atoms with Crippen LogP contribution in [0, 0.1) is 5.82 Å². The topological polar surface area (TPSA) is 122 Å². The average Bonchev–Trinajstić information content (AvgIpc) is 2.80. The van der Waals surface area contributed by atoms with E-state index < -0.39 is 37.8 Å². The molecule has 0 radical (unpaired) electrons. The maximum absolute atomic E-state index is 13.0. The largest absolute Gasteiger partial charge is 0.495 e. The fourth-order valence-corrected chi connectivity index (χ4v) is 5.77. The number of anilines is 3. The molecule has 0 bridgehead atoms. The van der Waals surface area contributed by atoms with Gasteiger partial charge in [-0.15, -0.1) is 0 Å². The van der Waals surface area contributed by atoms with Gasteiger partial charge in [0, 0.05) is 11.4 Å². The van der Waals surface area contributed by atoms with Crippen LogP contribution in [-0.4, -0.2) is 42.2 Å². The van der Waals surface area contributed by atoms with Crippen molar-refractivity contribution in [2.24, 2.45) is 0 Å². The zero-order valence-electron chi connectivity index (χ0n) is 19.4. The Labute approximate surface area is 213 Å². The lowest BCUT2D eigenvalue weighted by molar-refractivity contribution is -0.116. The molecule has 0 fully saturated rings. The zero-order chi connectivity index (χ0) is 26.7. The van der Waals surface area contributed by atoms with Crippen molar-refractivity contribution < 1.29 is 30.8 Å². The van der Waals surface area contributed by atoms with Crippen molar-refractivity contribution in [2.45, 2.75) is 17.9 Å². The van der Waals surface area contributed by atoms with Crippen molar-refractivity contribution in [3.8, 4) is 5.75 Å². The van der Waals surface area contributed by atoms with Crippen LogP contribution in [0.1, 0.15) is 6.92 Å². The number of nitrogens with one attached hydrogen (secondary N) is 2. The van der Waals surface area contributed by atoms with Crippen molar-refractivity contribution in [2.75, 3.05) is 27.7 Å². The number of methoxy groups -OCH3 is 1. The van der Waals surface area contributed by atoms with Crippen LogP contribution in [0.25, 0.3) is 0 Å². The molecule has 1 atom stereocenters. The number of halogens is 2. The minimum Gasteiger partial charge on any atom is -0.495 e. The predicted molar refractivity (Wildman–Crippen MR) is 137 cm³/mol. The Hall–Kier alpha value is -3.35. The predicted octanol–water partition coefficient (Wildman–Crippen LogP) is 4.08. The van der Waals surface area contributed by atoms with Gasteiger partial charge in [-0.3, -0.25) is 13.8 Å². The van der Waals surface area contributed by atoms with E-state index in [0.29, 0.717) is 5.75 Å². The van der Waals surface area contributed by atoms with Gasteiger partial charge in [-0.2, -0.15) is 0 Å². The van der Waals surface area contributed by atoms with E-state index in [1.165, 1.54) is 68.6 Å². The maximum atomic E-state index is 13.0. The van der Waals surface area contributed by atoms with Crippen molar-refractivity contribution in [3.63, 3.8) is 0 Å². The number of carbonyl (C=O) groups excluding carboxylic acids is 1. The second-order valence-electron chi connectivity index (χ2n) is 7.68. The van der Waals surface area contributed by atoms with Crippen molar-refractivity contribution in [3.05, 3.63) is 77.6 Å². The SMILES string of the molecule is COc1ccc(N([C@@H](C)C(=O)Nc2ccc(S(=O)(=O)Nc3ccc(F)cc3)cc2)S(C)(=O)=O)cc1Cl. The van der Waals surface area contributed by atoms with Crippen LogP contribution in [0.15, 0.2) is 71.6 Å². The van der Waals surface area contributed by atoms with Crippen LogP contribution in [-0.2, 0) is 24.8 Å². The molecule has 9 nitrogen and oxygen atoms in total. The summed E-state index contributed by atoms with van der Waals surface area (Å²) in [6.45, 7) is 1.40. The zero-order valence-corrected chi connectivity index (χ0v) is 21.8. The smallest absolute Gasteiger partial charge is 0.261 e. The molecular weight excluding hydrogens is 533 g/mol. The van der Waals surface area contributed by atoms with Gasteiger partial charge in [0.2, 0.25) is 15.9 Å². The monoisotopic (exact) mass is 555 g/mol. The average molecular weight is 556 g/mol. The molecule has 36 heavy (non-hydrogen) atoms. The Morgan fingerprint density at radius 1 is 0.972 bits per heavy atom. The molecule has 192 valence electrons. The number of amides is 1. The Bertz CT molecular complexity index is 1460. The third-order valence-corrected chi connectivity index (χ3v) is 7.94. The van der Waals surface area contributed by atoms with Crippen molar-refractivity contribution in [1.29, 1.82) is 0 Å². The fourth-order valence-electron chi connectivity index (χ4n) is 3.30. The molecular formula is C23H23ClFN3O6S2. The van der Waals surface area contributed by atoms with Crippen molar-refractivity contribution >= 4 is 54.6 Å². The van der Waals surface area contributed by atoms with Crippen LogP contribution in [0.4, 0.5) is 21.5 Å². The van der Waals surface area contributed by atoms with Gasteiger partial charge in [-0.25, -0.2) is 21.2 Å². The number of hydrogen-bond donors (Lipinski definition) is 2. The molecule has 0 saturated heterocycles. The first kappa shape index (κ1) is 27.2. The summed E-state index contributed by atoms with van der Waals surface area (Å²) < 4.78 is 71.5. The first-order valence-corrected chi connectivity index (χ1v) is 14.0. The fraction of sp³-hybridized carbons (Fsp3) is 0.174. The second-order valence-corrected chi connectivity index (χ2v) is 11.6. The summed E-state index contributed by atoms with van der Waals surface area (Å²) in [5.41, 5.74) is 0.593. The van der Waals surface area contributed by atoms with Gasteiger partial charge in [0.25, 0.3) is 10.0 Å². The quantitative estimate of drug-likeness (QED) is 0.410. The number of hydrogen-bond acceptors (Lipinski definition) is 6. The number of benzene rings is 3. The number of ether oxygens (including phenoxy) is 1. The molecule has 13 heteroatoms. The molecule has 0 heterocycles. The van der Waals surface area contributed by atoms with Crippen LogP contribution >= 0.6 is 11.6 Å². The van der Waals surface area contributed by atoms with E-state index in [1.54, 1.807) is 0 Å². The van der Waals surface area contributed by atoms with E-state index in [-0.39, 0.29) is 27.0 Å². The van der Waals surface area contributed by atoms with Crippen LogP contribution in [0.2, 0.25) is 5.02 Å². The molecule has 0 aliphatic carbocycles. The molecule has 3 aromatic rings. The Kier molecular flexibility index (Phi) is 8.12. The third kappa shape index (κ3) is 6.45. The van der Waals surface area contributed by atoms with Gasteiger partial charge in [0.05, 0.1) is 29.0 Å². The van der Waals surface area contributed by atoms with Gasteiger partial charge in [-0.1, -0.05) is 11.6 Å². The van der Waals surface area contributed by atoms with Gasteiger partial charge in [0.1, 0.15) is 17.6 Å². The summed E-state index contributed by atoms with van der Waals surface area (Å²) in [5, 5.41) is 2.74. The molecule has 0 saturated carbocycles. The van der Waals surface area contributed by atoms with E-state index in [9.17, 15) is 26.0 Å². The van der Waals surface area contributed by atoms with Crippen LogP contribution < -0.4 is 19.1 Å². The molecule has 3 aromatic carbocycles. The van der Waals surface area contributed by atoms with Crippen molar-refractivity contribution in [1.82, 2.24) is 0 Å². The highest BCUT2D eigenvalue weighted by atomic mass is 35.5. The summed E-state index contributed by atoms with van der Waals surface area (Å²) >= 11 is 6.13. The van der Waals surface area contributed by atoms with E-state index in [4.69, 9.17) is 16.3 Å². The van der Waals surface area contributed by atoms with E-state index in [2.05, 4.69) is 10.0 Å². The Morgan fingerprint density at radius 2 is 1.56 bits per heavy atom. The third-order valence-electron chi connectivity index (χ3n) is 5.01. The first-order chi connectivity index (χ1) is 16.8. The van der Waals surface area contributed by atoms with E-state index >= 15 is 0 Å². The van der Waals surface area contributed by atoms with E-state index in [1.807, 2.05) is 0 Å². The normalized spacial score (nSPS) is 12.5. The Balaban J connectivity index is 1.77. The van der Waals surface area contributed by atoms with Gasteiger partial charge in [-0.05, 0) is 73.7 Å². The van der Waals surface area contributed by atoms with Gasteiger partial charge >= 0.3 is 0 Å². The number of rotatable bonds is 9. The lowest BCUT2D eigenvalue weighted by Crippen LogP contribution is -2.45. The lowest BCUT2D eigenvalue weighted by Gasteiger charge is -2.28. The Morgan fingerprint density at radius 3 is 2.08 bits per heavy atom. The number of carbonyl (C=O) groups is 1. The number of nitrogens with zero attached hydrogens (tertiary/aromatic N) is 1. The van der Waals surface area contributed by atoms with Gasteiger partial charge in [0.15, 0.2) is 0 Å². The standard InChI is InChI=1S/C23H23ClFN3O6S2/c1-15(28(35(3,30)31)19-10-13-22(34-2)21(24)14-19)23(29)26-17-8-11-20(12-9-17)36(32,33)27-18-6-4-16(25)5-7-18/h4-15,27H,1-3H3,(H,26,29)/t15-/m0/s1. The minimum absolute atomic E-state index is 0.0940. The molecule has 2 N–H and O–H groups in total. The molecule has 0 unspecified atom stereocenters. The molecule has 0 aliphatic rings. The highest BCUT2D eigenvalue weighted by Gasteiger charge is 2.30. The molecule has 1 amide bonds. The lowest BCUT2D eigenvalue weighted by atomic mass is 10.2. The number of sulfonamides is 2. The summed E-state index contributed by atoms with van der Waals surface area (Å²) in [7, 11) is -6.43. The summed E-state index contributed by atoms with van der Waals surface area (Å²) in [6.07, 6.45) is 0.961. The van der Waals surface area contributed by atoms with Gasteiger partial charge < -0.3 is 10.1 Å². The maximum Gasteiger partial charge on any atom is 0.261 e. The van der Waals surface area contributed by atoms with Crippen LogP contribution in [0.3, 0.4) is 0 Å². The molecule has 3 rings (SSSR count). The minimum atomic E-state index is -3.96. The second kappa shape index (κ2) is 10.7. The highest BCUT2D eigenvalue weighted by molar-refractivity contribution is 7.92. The molecule has 0 aromatic heterocycles.